The molecule has 11 heteroatoms. The van der Waals surface area contributed by atoms with E-state index in [4.69, 9.17) is 21.1 Å². The van der Waals surface area contributed by atoms with E-state index >= 15 is 4.39 Å². The second-order valence-corrected chi connectivity index (χ2v) is 6.52. The number of likely N-dealkylation sites (N-methyl/N-ethyl adjacent to an activating group) is 1. The summed E-state index contributed by atoms with van der Waals surface area (Å²) in [7, 11) is 1.36. The maximum atomic E-state index is 15.0. The number of carbonyl (C=O) groups is 1. The predicted molar refractivity (Wildman–Crippen MR) is 112 cm³/mol. The summed E-state index contributed by atoms with van der Waals surface area (Å²) in [4.78, 5) is 24.1. The zero-order chi connectivity index (χ0) is 23.1. The van der Waals surface area contributed by atoms with Gasteiger partial charge in [-0.1, -0.05) is 41.0 Å². The number of benzene rings is 2. The van der Waals surface area contributed by atoms with Crippen molar-refractivity contribution in [2.75, 3.05) is 13.9 Å². The Bertz CT molecular complexity index is 1160. The summed E-state index contributed by atoms with van der Waals surface area (Å²) in [6, 6.07) is 11.1. The summed E-state index contributed by atoms with van der Waals surface area (Å²) in [6.45, 7) is 0.529. The molecule has 1 N–H and O–H groups in total. The molecule has 0 aliphatic carbocycles. The van der Waals surface area contributed by atoms with E-state index < -0.39 is 30.3 Å². The Balaban J connectivity index is 1.96. The zero-order valence-corrected chi connectivity index (χ0v) is 17.7. The third-order valence-corrected chi connectivity index (χ3v) is 4.57. The van der Waals surface area contributed by atoms with Crippen molar-refractivity contribution in [2.45, 2.75) is 6.92 Å². The Kier molecular flexibility index (Phi) is 7.50. The molecule has 8 nitrogen and oxygen atoms in total. The molecule has 3 aromatic rings. The fraction of sp³-hybridized carbons (Fsp3) is 0.143. The maximum Gasteiger partial charge on any atom is 0.273 e. The quantitative estimate of drug-likeness (QED) is 0.389. The number of oxime groups is 1. The summed E-state index contributed by atoms with van der Waals surface area (Å²) < 4.78 is 38.5. The minimum atomic E-state index is -1.24. The number of hydrogen-bond acceptors (Lipinski definition) is 7. The second kappa shape index (κ2) is 10.5. The highest BCUT2D eigenvalue weighted by atomic mass is 35.5. The van der Waals surface area contributed by atoms with Crippen molar-refractivity contribution in [1.29, 1.82) is 0 Å². The van der Waals surface area contributed by atoms with Gasteiger partial charge in [-0.15, -0.1) is 0 Å². The standard InChI is InChI=1S/C21H17ClF2N4O4/c1-12-6-5-9-15(16(12)22)32-21-17(24)20(26-11-27-21)31-14-8-4-3-7-13(14)18(19(29)25-2)28-30-10-23/h3-9,11H,10H2,1-2H3,(H,25,29). The molecular weight excluding hydrogens is 446 g/mol. The number of halogens is 3. The van der Waals surface area contributed by atoms with E-state index in [0.717, 1.165) is 11.9 Å². The van der Waals surface area contributed by atoms with Crippen LogP contribution in [0.4, 0.5) is 8.78 Å². The topological polar surface area (TPSA) is 94.9 Å². The monoisotopic (exact) mass is 462 g/mol. The lowest BCUT2D eigenvalue weighted by atomic mass is 10.1. The molecule has 1 aromatic heterocycles. The molecule has 0 saturated heterocycles. The smallest absolute Gasteiger partial charge is 0.273 e. The fourth-order valence-electron chi connectivity index (χ4n) is 2.56. The Hall–Kier alpha value is -3.79. The molecular formula is C21H17ClF2N4O4. The summed E-state index contributed by atoms with van der Waals surface area (Å²) >= 11 is 6.19. The summed E-state index contributed by atoms with van der Waals surface area (Å²) in [6.07, 6.45) is 1.04. The third kappa shape index (κ3) is 5.09. The van der Waals surface area contributed by atoms with Gasteiger partial charge in [-0.3, -0.25) is 4.79 Å². The fourth-order valence-corrected chi connectivity index (χ4v) is 2.72. The molecule has 0 spiro atoms. The van der Waals surface area contributed by atoms with Gasteiger partial charge in [0.2, 0.25) is 5.82 Å². The van der Waals surface area contributed by atoms with Crippen molar-refractivity contribution in [3.05, 3.63) is 70.8 Å². The highest BCUT2D eigenvalue weighted by Gasteiger charge is 2.22. The van der Waals surface area contributed by atoms with Gasteiger partial charge in [-0.25, -0.2) is 4.39 Å². The number of alkyl halides is 1. The lowest BCUT2D eigenvalue weighted by molar-refractivity contribution is -0.114. The summed E-state index contributed by atoms with van der Waals surface area (Å²) in [5, 5.41) is 6.15. The maximum absolute atomic E-state index is 15.0. The van der Waals surface area contributed by atoms with Crippen LogP contribution in [0.3, 0.4) is 0 Å². The number of para-hydroxylation sites is 1. The van der Waals surface area contributed by atoms with E-state index in [1.54, 1.807) is 37.3 Å². The molecule has 2 aromatic carbocycles. The van der Waals surface area contributed by atoms with Crippen LogP contribution in [-0.4, -0.2) is 35.5 Å². The van der Waals surface area contributed by atoms with E-state index in [0.29, 0.717) is 5.02 Å². The van der Waals surface area contributed by atoms with Crippen LogP contribution in [-0.2, 0) is 9.63 Å². The highest BCUT2D eigenvalue weighted by Crippen LogP contribution is 2.34. The van der Waals surface area contributed by atoms with Crippen LogP contribution < -0.4 is 14.8 Å². The molecule has 32 heavy (non-hydrogen) atoms. The molecule has 0 bridgehead atoms. The van der Waals surface area contributed by atoms with E-state index in [2.05, 4.69) is 25.3 Å². The first kappa shape index (κ1) is 22.9. The molecule has 1 amide bonds. The molecule has 0 aliphatic heterocycles. The molecule has 166 valence electrons. The van der Waals surface area contributed by atoms with E-state index in [-0.39, 0.29) is 22.8 Å². The average molecular weight is 463 g/mol. The molecule has 1 heterocycles. The van der Waals surface area contributed by atoms with E-state index in [1.807, 2.05) is 0 Å². The SMILES string of the molecule is CNC(=O)C(=NOCF)c1ccccc1Oc1ncnc(Oc2cccc(C)c2Cl)c1F. The molecule has 0 aliphatic rings. The van der Waals surface area contributed by atoms with Gasteiger partial charge >= 0.3 is 0 Å². The number of nitrogens with zero attached hydrogens (tertiary/aromatic N) is 3. The number of aromatic nitrogens is 2. The Labute approximate surface area is 186 Å². The first-order valence-electron chi connectivity index (χ1n) is 9.15. The van der Waals surface area contributed by atoms with Crippen molar-refractivity contribution < 1.29 is 27.9 Å². The van der Waals surface area contributed by atoms with Gasteiger partial charge < -0.3 is 19.6 Å². The Morgan fingerprint density at radius 3 is 2.44 bits per heavy atom. The van der Waals surface area contributed by atoms with Crippen molar-refractivity contribution in [1.82, 2.24) is 15.3 Å². The van der Waals surface area contributed by atoms with E-state index in [9.17, 15) is 9.18 Å². The van der Waals surface area contributed by atoms with Crippen molar-refractivity contribution in [3.63, 3.8) is 0 Å². The third-order valence-electron chi connectivity index (χ3n) is 4.08. The number of amides is 1. The largest absolute Gasteiger partial charge is 0.436 e. The predicted octanol–water partition coefficient (Wildman–Crippen LogP) is 4.56. The number of carbonyl (C=O) groups excluding carboxylic acids is 1. The van der Waals surface area contributed by atoms with Crippen LogP contribution in [0.25, 0.3) is 0 Å². The number of hydrogen-bond donors (Lipinski definition) is 1. The second-order valence-electron chi connectivity index (χ2n) is 6.14. The van der Waals surface area contributed by atoms with Crippen LogP contribution in [0.5, 0.6) is 23.3 Å². The van der Waals surface area contributed by atoms with Gasteiger partial charge in [0.15, 0.2) is 5.71 Å². The Morgan fingerprint density at radius 1 is 1.09 bits per heavy atom. The van der Waals surface area contributed by atoms with Crippen LogP contribution in [0.2, 0.25) is 5.02 Å². The molecule has 0 fully saturated rings. The lowest BCUT2D eigenvalue weighted by Gasteiger charge is -2.13. The van der Waals surface area contributed by atoms with Crippen molar-refractivity contribution in [2.24, 2.45) is 5.16 Å². The normalized spacial score (nSPS) is 11.1. The van der Waals surface area contributed by atoms with Gasteiger partial charge in [0.05, 0.1) is 10.6 Å². The van der Waals surface area contributed by atoms with Gasteiger partial charge in [-0.2, -0.15) is 14.4 Å². The molecule has 0 atom stereocenters. The zero-order valence-electron chi connectivity index (χ0n) is 16.9. The van der Waals surface area contributed by atoms with Crippen LogP contribution in [0.15, 0.2) is 53.9 Å². The van der Waals surface area contributed by atoms with Crippen molar-refractivity contribution in [3.8, 4) is 23.3 Å². The lowest BCUT2D eigenvalue weighted by Crippen LogP contribution is -2.29. The average Bonchev–Trinajstić information content (AvgIpc) is 2.80. The summed E-state index contributed by atoms with van der Waals surface area (Å²) in [5.74, 6) is -2.36. The van der Waals surface area contributed by atoms with Gasteiger partial charge in [-0.05, 0) is 30.7 Å². The highest BCUT2D eigenvalue weighted by molar-refractivity contribution is 6.45. The number of ether oxygens (including phenoxy) is 2. The van der Waals surface area contributed by atoms with E-state index in [1.165, 1.54) is 19.2 Å². The number of rotatable bonds is 8. The molecule has 0 radical (unpaired) electrons. The van der Waals surface area contributed by atoms with Gasteiger partial charge in [0.1, 0.15) is 17.8 Å². The Morgan fingerprint density at radius 2 is 1.75 bits per heavy atom. The minimum absolute atomic E-state index is 0.00875. The first-order chi connectivity index (χ1) is 15.5. The first-order valence-corrected chi connectivity index (χ1v) is 9.52. The van der Waals surface area contributed by atoms with Crippen LogP contribution in [0.1, 0.15) is 11.1 Å². The molecule has 3 rings (SSSR count). The van der Waals surface area contributed by atoms with Crippen LogP contribution in [0, 0.1) is 12.7 Å². The number of aryl methyl sites for hydroxylation is 1. The number of nitrogens with one attached hydrogen (secondary N) is 1. The summed E-state index contributed by atoms with van der Waals surface area (Å²) in [5.41, 5.74) is 0.571. The minimum Gasteiger partial charge on any atom is -0.436 e. The van der Waals surface area contributed by atoms with Crippen molar-refractivity contribution >= 4 is 23.2 Å². The molecule has 0 unspecified atom stereocenters. The van der Waals surface area contributed by atoms with Crippen LogP contribution >= 0.6 is 11.6 Å². The van der Waals surface area contributed by atoms with Gasteiger partial charge in [0.25, 0.3) is 24.5 Å². The van der Waals surface area contributed by atoms with Gasteiger partial charge in [0, 0.05) is 7.05 Å². The molecule has 0 saturated carbocycles.